The number of likely N-dealkylation sites (tertiary alicyclic amines) is 1. The first kappa shape index (κ1) is 24.9. The van der Waals surface area contributed by atoms with E-state index in [1.165, 1.54) is 5.56 Å². The van der Waals surface area contributed by atoms with Crippen LogP contribution in [0.4, 0.5) is 0 Å². The molecule has 1 saturated heterocycles. The van der Waals surface area contributed by atoms with E-state index in [-0.39, 0.29) is 29.4 Å². The summed E-state index contributed by atoms with van der Waals surface area (Å²) in [6, 6.07) is 19.6. The number of amides is 2. The fourth-order valence-electron chi connectivity index (χ4n) is 5.82. The lowest BCUT2D eigenvalue weighted by atomic mass is 9.71. The van der Waals surface area contributed by atoms with Crippen LogP contribution in [0.3, 0.4) is 0 Å². The van der Waals surface area contributed by atoms with Gasteiger partial charge in [0.1, 0.15) is 0 Å². The van der Waals surface area contributed by atoms with Gasteiger partial charge in [-0.05, 0) is 53.3 Å². The zero-order valence-corrected chi connectivity index (χ0v) is 21.2. The highest BCUT2D eigenvalue weighted by atomic mass is 16.5. The van der Waals surface area contributed by atoms with Gasteiger partial charge < -0.3 is 15.0 Å². The molecule has 1 aliphatic carbocycles. The van der Waals surface area contributed by atoms with E-state index >= 15 is 0 Å². The van der Waals surface area contributed by atoms with Crippen molar-refractivity contribution in [2.75, 3.05) is 13.1 Å². The Morgan fingerprint density at radius 2 is 1.86 bits per heavy atom. The van der Waals surface area contributed by atoms with E-state index < -0.39 is 0 Å². The molecule has 6 nitrogen and oxygen atoms in total. The number of ether oxygens (including phenoxy) is 1. The van der Waals surface area contributed by atoms with Crippen LogP contribution in [0.1, 0.15) is 64.8 Å². The molecule has 2 aromatic carbocycles. The number of nitrogens with one attached hydrogen (secondary N) is 1. The van der Waals surface area contributed by atoms with Gasteiger partial charge in [-0.2, -0.15) is 0 Å². The highest BCUT2D eigenvalue weighted by Gasteiger charge is 2.54. The average molecular weight is 496 g/mol. The van der Waals surface area contributed by atoms with E-state index in [4.69, 9.17) is 4.74 Å². The first-order chi connectivity index (χ1) is 18.1. The first-order valence-electron chi connectivity index (χ1n) is 13.0. The number of carbonyl (C=O) groups is 2. The molecule has 1 spiro atoms. The summed E-state index contributed by atoms with van der Waals surface area (Å²) < 4.78 is 6.66. The molecule has 6 heteroatoms. The maximum absolute atomic E-state index is 13.3. The van der Waals surface area contributed by atoms with Gasteiger partial charge in [0.25, 0.3) is 5.91 Å². The fraction of sp³-hybridized carbons (Fsp3) is 0.323. The van der Waals surface area contributed by atoms with Crippen molar-refractivity contribution in [2.45, 2.75) is 50.4 Å². The van der Waals surface area contributed by atoms with Crippen molar-refractivity contribution in [3.05, 3.63) is 107 Å². The van der Waals surface area contributed by atoms with Crippen molar-refractivity contribution >= 4 is 17.9 Å². The van der Waals surface area contributed by atoms with Crippen molar-refractivity contribution in [3.63, 3.8) is 0 Å². The lowest BCUT2D eigenvalue weighted by molar-refractivity contribution is -0.123. The van der Waals surface area contributed by atoms with Gasteiger partial charge in [0, 0.05) is 42.9 Å². The summed E-state index contributed by atoms with van der Waals surface area (Å²) in [5, 5.41) is 3.25. The SMILES string of the molecule is C=Cc1ccc(C(=O)N2CCC3(CC2)c2ccccc2[C@@H](NC(=O)CC)[C@@H]3OCc2cccnc2)cc1. The van der Waals surface area contributed by atoms with E-state index in [2.05, 4.69) is 35.1 Å². The van der Waals surface area contributed by atoms with Gasteiger partial charge in [-0.25, -0.2) is 0 Å². The number of hydrogen-bond donors (Lipinski definition) is 1. The maximum Gasteiger partial charge on any atom is 0.253 e. The third kappa shape index (κ3) is 4.81. The quantitative estimate of drug-likeness (QED) is 0.497. The van der Waals surface area contributed by atoms with Gasteiger partial charge in [0.05, 0.1) is 18.8 Å². The molecule has 3 aromatic rings. The number of carbonyl (C=O) groups excluding carboxylic acids is 2. The summed E-state index contributed by atoms with van der Waals surface area (Å²) in [5.74, 6) is 0.0443. The van der Waals surface area contributed by atoms with Crippen LogP contribution in [0.15, 0.2) is 79.6 Å². The lowest BCUT2D eigenvalue weighted by Crippen LogP contribution is -2.52. The molecule has 0 saturated carbocycles. The average Bonchev–Trinajstić information content (AvgIpc) is 3.20. The maximum atomic E-state index is 13.3. The van der Waals surface area contributed by atoms with E-state index in [0.717, 1.165) is 29.5 Å². The molecule has 0 bridgehead atoms. The van der Waals surface area contributed by atoms with Crippen molar-refractivity contribution in [1.29, 1.82) is 0 Å². The minimum absolute atomic E-state index is 0.00224. The van der Waals surface area contributed by atoms with Crippen LogP contribution < -0.4 is 5.32 Å². The Hall–Kier alpha value is -3.77. The molecule has 2 amide bonds. The summed E-state index contributed by atoms with van der Waals surface area (Å²) in [6.45, 7) is 7.31. The van der Waals surface area contributed by atoms with Crippen LogP contribution in [-0.4, -0.2) is 40.9 Å². The van der Waals surface area contributed by atoms with E-state index in [9.17, 15) is 9.59 Å². The number of fused-ring (bicyclic) bond motifs is 2. The Labute approximate surface area is 218 Å². The van der Waals surface area contributed by atoms with Crippen molar-refractivity contribution in [2.24, 2.45) is 0 Å². The Morgan fingerprint density at radius 3 is 2.54 bits per heavy atom. The number of aromatic nitrogens is 1. The van der Waals surface area contributed by atoms with E-state index in [1.807, 2.05) is 60.5 Å². The molecule has 1 aromatic heterocycles. The molecule has 0 radical (unpaired) electrons. The monoisotopic (exact) mass is 495 g/mol. The second kappa shape index (κ2) is 10.7. The van der Waals surface area contributed by atoms with Crippen LogP contribution in [0.2, 0.25) is 0 Å². The minimum atomic E-state index is -0.298. The summed E-state index contributed by atoms with van der Waals surface area (Å²) in [6.07, 6.45) is 7.02. The van der Waals surface area contributed by atoms with Crippen LogP contribution in [0.25, 0.3) is 6.08 Å². The topological polar surface area (TPSA) is 71.5 Å². The van der Waals surface area contributed by atoms with Gasteiger partial charge in [-0.1, -0.05) is 62.0 Å². The second-order valence-corrected chi connectivity index (χ2v) is 9.85. The zero-order chi connectivity index (χ0) is 25.8. The Bertz CT molecular complexity index is 1260. The highest BCUT2D eigenvalue weighted by Crippen LogP contribution is 2.52. The molecular weight excluding hydrogens is 462 g/mol. The van der Waals surface area contributed by atoms with Crippen LogP contribution >= 0.6 is 0 Å². The van der Waals surface area contributed by atoms with E-state index in [0.29, 0.717) is 31.7 Å². The summed E-state index contributed by atoms with van der Waals surface area (Å²) in [7, 11) is 0. The van der Waals surface area contributed by atoms with E-state index in [1.54, 1.807) is 12.3 Å². The zero-order valence-electron chi connectivity index (χ0n) is 21.2. The first-order valence-corrected chi connectivity index (χ1v) is 13.0. The van der Waals surface area contributed by atoms with Crippen molar-refractivity contribution in [3.8, 4) is 0 Å². The van der Waals surface area contributed by atoms with Crippen LogP contribution in [0, 0.1) is 0 Å². The highest BCUT2D eigenvalue weighted by molar-refractivity contribution is 5.94. The number of rotatable bonds is 7. The number of pyridine rings is 1. The Kier molecular flexibility index (Phi) is 7.19. The summed E-state index contributed by atoms with van der Waals surface area (Å²) in [5.41, 5.74) is 4.70. The third-order valence-electron chi connectivity index (χ3n) is 7.81. The van der Waals surface area contributed by atoms with Crippen molar-refractivity contribution < 1.29 is 14.3 Å². The molecule has 1 fully saturated rings. The normalized spacial score (nSPS) is 19.9. The lowest BCUT2D eigenvalue weighted by Gasteiger charge is -2.44. The number of piperidine rings is 1. The molecule has 1 N–H and O–H groups in total. The summed E-state index contributed by atoms with van der Waals surface area (Å²) >= 11 is 0. The van der Waals surface area contributed by atoms with Gasteiger partial charge in [-0.3, -0.25) is 14.6 Å². The molecule has 0 unspecified atom stereocenters. The van der Waals surface area contributed by atoms with Gasteiger partial charge in [-0.15, -0.1) is 0 Å². The summed E-state index contributed by atoms with van der Waals surface area (Å²) in [4.78, 5) is 32.0. The smallest absolute Gasteiger partial charge is 0.253 e. The third-order valence-corrected chi connectivity index (χ3v) is 7.81. The molecule has 5 rings (SSSR count). The van der Waals surface area contributed by atoms with Gasteiger partial charge >= 0.3 is 0 Å². The largest absolute Gasteiger partial charge is 0.370 e. The Morgan fingerprint density at radius 1 is 1.11 bits per heavy atom. The standard InChI is InChI=1S/C31H33N3O3/c1-3-22-11-13-24(14-12-22)30(36)34-18-15-31(16-19-34)26-10-6-5-9-25(26)28(33-27(35)4-2)29(31)37-21-23-8-7-17-32-20-23/h3,5-14,17,20,28-29H,1,4,15-16,18-19,21H2,2H3,(H,33,35)/t28-,29+/m1/s1. The minimum Gasteiger partial charge on any atom is -0.370 e. The molecule has 2 atom stereocenters. The fourth-order valence-corrected chi connectivity index (χ4v) is 5.82. The second-order valence-electron chi connectivity index (χ2n) is 9.85. The van der Waals surface area contributed by atoms with Crippen LogP contribution in [-0.2, 0) is 21.6 Å². The predicted molar refractivity (Wildman–Crippen MR) is 144 cm³/mol. The molecule has 190 valence electrons. The Balaban J connectivity index is 1.42. The van der Waals surface area contributed by atoms with Crippen molar-refractivity contribution in [1.82, 2.24) is 15.2 Å². The number of hydrogen-bond acceptors (Lipinski definition) is 4. The predicted octanol–water partition coefficient (Wildman–Crippen LogP) is 5.06. The number of nitrogens with zero attached hydrogens (tertiary/aromatic N) is 2. The molecule has 1 aliphatic heterocycles. The van der Waals surface area contributed by atoms with Gasteiger partial charge in [0.15, 0.2) is 0 Å². The molecule has 2 heterocycles. The van der Waals surface area contributed by atoms with Crippen LogP contribution in [0.5, 0.6) is 0 Å². The molecule has 2 aliphatic rings. The number of benzene rings is 2. The molecule has 37 heavy (non-hydrogen) atoms. The molecular formula is C31H33N3O3. The van der Waals surface area contributed by atoms with Gasteiger partial charge in [0.2, 0.25) is 5.91 Å².